The van der Waals surface area contributed by atoms with Gasteiger partial charge >= 0.3 is 5.97 Å². The molecule has 0 aliphatic carbocycles. The molecule has 0 unspecified atom stereocenters. The van der Waals surface area contributed by atoms with Gasteiger partial charge in [-0.05, 0) is 13.8 Å². The van der Waals surface area contributed by atoms with Crippen molar-refractivity contribution in [3.63, 3.8) is 0 Å². The third kappa shape index (κ3) is 2.46. The maximum Gasteiger partial charge on any atom is 0.341 e. The smallest absolute Gasteiger partial charge is 0.341 e. The highest BCUT2D eigenvalue weighted by Gasteiger charge is 2.15. The van der Waals surface area contributed by atoms with Crippen LogP contribution in [0.3, 0.4) is 0 Å². The van der Waals surface area contributed by atoms with Crippen LogP contribution in [0.15, 0.2) is 17.1 Å². The summed E-state index contributed by atoms with van der Waals surface area (Å²) in [4.78, 5) is 22.6. The highest BCUT2D eigenvalue weighted by molar-refractivity contribution is 6.31. The van der Waals surface area contributed by atoms with Gasteiger partial charge in [0.15, 0.2) is 5.43 Å². The molecule has 0 bridgehead atoms. The minimum Gasteiger partial charge on any atom is -0.477 e. The van der Waals surface area contributed by atoms with E-state index in [1.165, 1.54) is 12.3 Å². The van der Waals surface area contributed by atoms with E-state index in [0.29, 0.717) is 23.0 Å². The average molecular weight is 296 g/mol. The lowest BCUT2D eigenvalue weighted by molar-refractivity contribution is 0.0694. The highest BCUT2D eigenvalue weighted by Crippen LogP contribution is 2.20. The minimum atomic E-state index is -1.24. The third-order valence-corrected chi connectivity index (χ3v) is 3.65. The quantitative estimate of drug-likeness (QED) is 0.933. The Morgan fingerprint density at radius 3 is 2.60 bits per heavy atom. The number of halogens is 1. The number of pyridine rings is 1. The summed E-state index contributed by atoms with van der Waals surface area (Å²) in [6, 6.07) is 1.31. The summed E-state index contributed by atoms with van der Waals surface area (Å²) in [5.74, 6) is -1.24. The second kappa shape index (κ2) is 5.13. The average Bonchev–Trinajstić information content (AvgIpc) is 2.58. The molecular weight excluding hydrogens is 282 g/mol. The molecule has 20 heavy (non-hydrogen) atoms. The Morgan fingerprint density at radius 1 is 1.45 bits per heavy atom. The van der Waals surface area contributed by atoms with E-state index in [2.05, 4.69) is 5.10 Å². The first-order valence-electron chi connectivity index (χ1n) is 5.93. The van der Waals surface area contributed by atoms with Crippen molar-refractivity contribution in [2.45, 2.75) is 20.4 Å². The van der Waals surface area contributed by atoms with Gasteiger partial charge in [-0.1, -0.05) is 11.6 Å². The Morgan fingerprint density at radius 2 is 2.10 bits per heavy atom. The zero-order chi connectivity index (χ0) is 15.0. The van der Waals surface area contributed by atoms with E-state index in [1.807, 2.05) is 0 Å². The van der Waals surface area contributed by atoms with Gasteiger partial charge in [-0.15, -0.1) is 0 Å². The molecule has 2 heterocycles. The van der Waals surface area contributed by atoms with Crippen LogP contribution in [0.2, 0.25) is 5.02 Å². The molecule has 0 atom stereocenters. The molecule has 0 radical (unpaired) electrons. The molecule has 2 aromatic heterocycles. The maximum absolute atomic E-state index is 11.6. The van der Waals surface area contributed by atoms with Gasteiger partial charge in [0.1, 0.15) is 5.56 Å². The van der Waals surface area contributed by atoms with Crippen molar-refractivity contribution in [1.82, 2.24) is 14.3 Å². The number of aromatic nitrogens is 3. The van der Waals surface area contributed by atoms with Gasteiger partial charge < -0.3 is 9.67 Å². The number of aryl methyl sites for hydroxylation is 3. The molecule has 2 aromatic rings. The SMILES string of the molecule is Cc1nn(C)c(Cn2cc(C(=O)O)c(=O)cc2C)c1Cl. The van der Waals surface area contributed by atoms with Crippen molar-refractivity contribution in [3.05, 3.63) is 50.2 Å². The molecule has 6 nitrogen and oxygen atoms in total. The van der Waals surface area contributed by atoms with Crippen LogP contribution in [0, 0.1) is 13.8 Å². The van der Waals surface area contributed by atoms with E-state index in [0.717, 1.165) is 5.69 Å². The van der Waals surface area contributed by atoms with Crippen LogP contribution in [0.4, 0.5) is 0 Å². The first kappa shape index (κ1) is 14.3. The number of hydrogen-bond acceptors (Lipinski definition) is 3. The van der Waals surface area contributed by atoms with E-state index in [4.69, 9.17) is 16.7 Å². The van der Waals surface area contributed by atoms with Gasteiger partial charge in [0.2, 0.25) is 0 Å². The van der Waals surface area contributed by atoms with E-state index in [9.17, 15) is 9.59 Å². The number of nitrogens with zero attached hydrogens (tertiary/aromatic N) is 3. The van der Waals surface area contributed by atoms with E-state index >= 15 is 0 Å². The Kier molecular flexibility index (Phi) is 3.67. The molecule has 0 saturated heterocycles. The molecule has 1 N–H and O–H groups in total. The van der Waals surface area contributed by atoms with Crippen LogP contribution in [-0.4, -0.2) is 25.4 Å². The van der Waals surface area contributed by atoms with Gasteiger partial charge in [0, 0.05) is 25.0 Å². The van der Waals surface area contributed by atoms with Gasteiger partial charge in [-0.3, -0.25) is 9.48 Å². The first-order chi connectivity index (χ1) is 9.31. The van der Waals surface area contributed by atoms with Crippen LogP contribution < -0.4 is 5.43 Å². The van der Waals surface area contributed by atoms with E-state index in [1.54, 1.807) is 30.1 Å². The second-order valence-electron chi connectivity index (χ2n) is 4.60. The Balaban J connectivity index is 2.51. The zero-order valence-electron chi connectivity index (χ0n) is 11.3. The number of hydrogen-bond donors (Lipinski definition) is 1. The molecule has 0 fully saturated rings. The highest BCUT2D eigenvalue weighted by atomic mass is 35.5. The molecule has 0 amide bonds. The summed E-state index contributed by atoms with van der Waals surface area (Å²) in [7, 11) is 1.77. The minimum absolute atomic E-state index is 0.259. The number of carboxylic acids is 1. The largest absolute Gasteiger partial charge is 0.477 e. The number of aromatic carboxylic acids is 1. The summed E-state index contributed by atoms with van der Waals surface area (Å²) in [6.07, 6.45) is 1.33. The summed E-state index contributed by atoms with van der Waals surface area (Å²) < 4.78 is 3.32. The molecule has 0 aliphatic heterocycles. The van der Waals surface area contributed by atoms with Crippen molar-refractivity contribution in [2.24, 2.45) is 7.05 Å². The number of carbonyl (C=O) groups is 1. The molecular formula is C13H14ClN3O3. The topological polar surface area (TPSA) is 77.1 Å². The van der Waals surface area contributed by atoms with Crippen molar-refractivity contribution < 1.29 is 9.90 Å². The summed E-state index contributed by atoms with van der Waals surface area (Å²) in [5, 5.41) is 13.8. The van der Waals surface area contributed by atoms with Crippen molar-refractivity contribution in [1.29, 1.82) is 0 Å². The molecule has 0 saturated carbocycles. The van der Waals surface area contributed by atoms with Gasteiger partial charge in [-0.25, -0.2) is 4.79 Å². The molecule has 0 aromatic carbocycles. The summed E-state index contributed by atoms with van der Waals surface area (Å²) in [5.41, 5.74) is 1.37. The molecule has 2 rings (SSSR count). The standard InChI is InChI=1S/C13H14ClN3O3/c1-7-4-11(18)9(13(19)20)5-17(7)6-10-12(14)8(2)15-16(10)3/h4-5H,6H2,1-3H3,(H,19,20). The van der Waals surface area contributed by atoms with Crippen LogP contribution in [-0.2, 0) is 13.6 Å². The van der Waals surface area contributed by atoms with Gasteiger partial charge in [-0.2, -0.15) is 5.10 Å². The Bertz CT molecular complexity index is 746. The van der Waals surface area contributed by atoms with Crippen LogP contribution in [0.25, 0.3) is 0 Å². The predicted molar refractivity (Wildman–Crippen MR) is 74.5 cm³/mol. The van der Waals surface area contributed by atoms with Gasteiger partial charge in [0.25, 0.3) is 0 Å². The molecule has 106 valence electrons. The maximum atomic E-state index is 11.6. The predicted octanol–water partition coefficient (Wildman–Crippen LogP) is 1.60. The molecule has 0 spiro atoms. The fraction of sp³-hybridized carbons (Fsp3) is 0.308. The van der Waals surface area contributed by atoms with Crippen LogP contribution >= 0.6 is 11.6 Å². The Hall–Kier alpha value is -2.08. The fourth-order valence-corrected chi connectivity index (χ4v) is 2.24. The normalized spacial score (nSPS) is 10.8. The van der Waals surface area contributed by atoms with Gasteiger partial charge in [0.05, 0.1) is 23.0 Å². The van der Waals surface area contributed by atoms with Crippen LogP contribution in [0.1, 0.15) is 27.4 Å². The summed E-state index contributed by atoms with van der Waals surface area (Å²) >= 11 is 6.18. The third-order valence-electron chi connectivity index (χ3n) is 3.16. The van der Waals surface area contributed by atoms with Crippen molar-refractivity contribution in [3.8, 4) is 0 Å². The molecule has 7 heteroatoms. The zero-order valence-corrected chi connectivity index (χ0v) is 12.1. The Labute approximate surface area is 120 Å². The number of rotatable bonds is 3. The van der Waals surface area contributed by atoms with Crippen molar-refractivity contribution >= 4 is 17.6 Å². The monoisotopic (exact) mass is 295 g/mol. The summed E-state index contributed by atoms with van der Waals surface area (Å²) in [6.45, 7) is 3.89. The van der Waals surface area contributed by atoms with Crippen LogP contribution in [0.5, 0.6) is 0 Å². The number of carboxylic acid groups (broad SMARTS) is 1. The lowest BCUT2D eigenvalue weighted by atomic mass is 10.2. The van der Waals surface area contributed by atoms with E-state index < -0.39 is 11.4 Å². The lowest BCUT2D eigenvalue weighted by Gasteiger charge is -2.12. The second-order valence-corrected chi connectivity index (χ2v) is 4.97. The fourth-order valence-electron chi connectivity index (χ4n) is 2.02. The van der Waals surface area contributed by atoms with E-state index in [-0.39, 0.29) is 5.56 Å². The first-order valence-corrected chi connectivity index (χ1v) is 6.31. The van der Waals surface area contributed by atoms with Crippen molar-refractivity contribution in [2.75, 3.05) is 0 Å². The lowest BCUT2D eigenvalue weighted by Crippen LogP contribution is -2.20. The molecule has 0 aliphatic rings.